The molecule has 1 atom stereocenters. The van der Waals surface area contributed by atoms with Crippen LogP contribution in [0.15, 0.2) is 24.3 Å². The lowest BCUT2D eigenvalue weighted by atomic mass is 10.1. The van der Waals surface area contributed by atoms with Crippen molar-refractivity contribution in [2.75, 3.05) is 6.54 Å². The van der Waals surface area contributed by atoms with Crippen molar-refractivity contribution in [1.82, 2.24) is 5.32 Å². The molecule has 0 bridgehead atoms. The quantitative estimate of drug-likeness (QED) is 0.745. The summed E-state index contributed by atoms with van der Waals surface area (Å²) in [6.45, 7) is 2.89. The first kappa shape index (κ1) is 10.7. The van der Waals surface area contributed by atoms with E-state index in [-0.39, 0.29) is 6.10 Å². The highest BCUT2D eigenvalue weighted by molar-refractivity contribution is 5.37. The van der Waals surface area contributed by atoms with Crippen LogP contribution in [0.4, 0.5) is 0 Å². The summed E-state index contributed by atoms with van der Waals surface area (Å²) in [4.78, 5) is 0. The van der Waals surface area contributed by atoms with E-state index in [1.54, 1.807) is 13.0 Å². The van der Waals surface area contributed by atoms with Gasteiger partial charge in [0.2, 0.25) is 0 Å². The molecule has 14 heavy (non-hydrogen) atoms. The molecule has 0 aliphatic rings. The predicted molar refractivity (Wildman–Crippen MR) is 54.5 cm³/mol. The van der Waals surface area contributed by atoms with Crippen LogP contribution in [-0.4, -0.2) is 17.8 Å². The Hall–Kier alpha value is -1.37. The molecular formula is C11H14N2O. The molecule has 1 aromatic carbocycles. The number of rotatable bonds is 4. The van der Waals surface area contributed by atoms with E-state index in [1.165, 1.54) is 0 Å². The third-order valence-corrected chi connectivity index (χ3v) is 1.89. The smallest absolute Gasteiger partial charge is 0.0995 e. The molecule has 1 rings (SSSR count). The number of nitriles is 1. The Bertz CT molecular complexity index is 328. The predicted octanol–water partition coefficient (Wildman–Crippen LogP) is 1.03. The van der Waals surface area contributed by atoms with E-state index in [0.717, 1.165) is 5.56 Å². The minimum absolute atomic E-state index is 0.357. The fourth-order valence-electron chi connectivity index (χ4n) is 1.20. The molecule has 0 saturated heterocycles. The summed E-state index contributed by atoms with van der Waals surface area (Å²) in [5.41, 5.74) is 1.65. The van der Waals surface area contributed by atoms with Gasteiger partial charge >= 0.3 is 0 Å². The van der Waals surface area contributed by atoms with Gasteiger partial charge < -0.3 is 10.4 Å². The van der Waals surface area contributed by atoms with Gasteiger partial charge in [0.05, 0.1) is 17.7 Å². The van der Waals surface area contributed by atoms with Crippen LogP contribution in [0.5, 0.6) is 0 Å². The summed E-state index contributed by atoms with van der Waals surface area (Å²) in [5.74, 6) is 0. The van der Waals surface area contributed by atoms with Crippen LogP contribution in [0.1, 0.15) is 18.1 Å². The average Bonchev–Trinajstić information content (AvgIpc) is 2.18. The number of hydrogen-bond acceptors (Lipinski definition) is 3. The first-order valence-electron chi connectivity index (χ1n) is 4.61. The third kappa shape index (κ3) is 3.17. The van der Waals surface area contributed by atoms with Crippen LogP contribution in [0.3, 0.4) is 0 Å². The fourth-order valence-corrected chi connectivity index (χ4v) is 1.20. The molecule has 0 fully saturated rings. The monoisotopic (exact) mass is 190 g/mol. The molecule has 3 heteroatoms. The van der Waals surface area contributed by atoms with Crippen molar-refractivity contribution in [3.63, 3.8) is 0 Å². The van der Waals surface area contributed by atoms with Gasteiger partial charge in [-0.15, -0.1) is 0 Å². The molecule has 74 valence electrons. The minimum Gasteiger partial charge on any atom is -0.392 e. The van der Waals surface area contributed by atoms with Crippen molar-refractivity contribution < 1.29 is 5.11 Å². The second-order valence-electron chi connectivity index (χ2n) is 3.25. The van der Waals surface area contributed by atoms with Gasteiger partial charge in [-0.25, -0.2) is 0 Å². The van der Waals surface area contributed by atoms with Crippen LogP contribution in [0.25, 0.3) is 0 Å². The van der Waals surface area contributed by atoms with Crippen molar-refractivity contribution in [2.45, 2.75) is 19.6 Å². The molecular weight excluding hydrogens is 176 g/mol. The zero-order valence-corrected chi connectivity index (χ0v) is 8.20. The Morgan fingerprint density at radius 2 is 2.21 bits per heavy atom. The normalized spacial score (nSPS) is 12.1. The maximum atomic E-state index is 9.03. The Balaban J connectivity index is 2.54. The Kier molecular flexibility index (Phi) is 4.11. The number of hydrogen-bond donors (Lipinski definition) is 2. The molecule has 0 aliphatic heterocycles. The first-order chi connectivity index (χ1) is 6.74. The summed E-state index contributed by atoms with van der Waals surface area (Å²) in [6, 6.07) is 9.58. The van der Waals surface area contributed by atoms with Crippen molar-refractivity contribution in [3.8, 4) is 6.07 Å². The molecule has 0 spiro atoms. The third-order valence-electron chi connectivity index (χ3n) is 1.89. The van der Waals surface area contributed by atoms with Crippen LogP contribution in [0, 0.1) is 11.3 Å². The van der Waals surface area contributed by atoms with Crippen molar-refractivity contribution in [1.29, 1.82) is 5.26 Å². The number of nitrogens with one attached hydrogen (secondary N) is 1. The van der Waals surface area contributed by atoms with Gasteiger partial charge in [-0.1, -0.05) is 18.2 Å². The second kappa shape index (κ2) is 5.38. The molecule has 0 saturated carbocycles. The lowest BCUT2D eigenvalue weighted by molar-refractivity contribution is 0.191. The molecule has 0 radical (unpaired) electrons. The lowest BCUT2D eigenvalue weighted by Gasteiger charge is -2.07. The summed E-state index contributed by atoms with van der Waals surface area (Å²) in [7, 11) is 0. The first-order valence-corrected chi connectivity index (χ1v) is 4.61. The van der Waals surface area contributed by atoms with Gasteiger partial charge in [-0.2, -0.15) is 5.26 Å². The highest BCUT2D eigenvalue weighted by Crippen LogP contribution is 2.06. The molecule has 2 N–H and O–H groups in total. The van der Waals surface area contributed by atoms with Gasteiger partial charge in [0, 0.05) is 13.1 Å². The van der Waals surface area contributed by atoms with Crippen molar-refractivity contribution in [2.24, 2.45) is 0 Å². The molecule has 0 aliphatic carbocycles. The maximum absolute atomic E-state index is 9.03. The SMILES string of the molecule is C[C@@H](O)CNCc1ccccc1C#N. The van der Waals surface area contributed by atoms with E-state index in [4.69, 9.17) is 10.4 Å². The molecule has 3 nitrogen and oxygen atoms in total. The Morgan fingerprint density at radius 3 is 2.86 bits per heavy atom. The molecule has 0 unspecified atom stereocenters. The summed E-state index contributed by atoms with van der Waals surface area (Å²) in [6.07, 6.45) is -0.357. The topological polar surface area (TPSA) is 56.0 Å². The van der Waals surface area contributed by atoms with E-state index in [1.807, 2.05) is 18.2 Å². The lowest BCUT2D eigenvalue weighted by Crippen LogP contribution is -2.24. The standard InChI is InChI=1S/C11H14N2O/c1-9(14)7-13-8-11-5-3-2-4-10(11)6-12/h2-5,9,13-14H,7-8H2,1H3/t9-/m1/s1. The molecule has 0 aromatic heterocycles. The van der Waals surface area contributed by atoms with Crippen LogP contribution in [-0.2, 0) is 6.54 Å². The second-order valence-corrected chi connectivity index (χ2v) is 3.25. The summed E-state index contributed by atoms with van der Waals surface area (Å²) >= 11 is 0. The number of aliphatic hydroxyl groups excluding tert-OH is 1. The minimum atomic E-state index is -0.357. The van der Waals surface area contributed by atoms with E-state index in [9.17, 15) is 0 Å². The average molecular weight is 190 g/mol. The van der Waals surface area contributed by atoms with Crippen LogP contribution in [0.2, 0.25) is 0 Å². The summed E-state index contributed by atoms with van der Waals surface area (Å²) in [5, 5.41) is 20.9. The fraction of sp³-hybridized carbons (Fsp3) is 0.364. The molecule has 0 amide bonds. The van der Waals surface area contributed by atoms with Gasteiger partial charge in [0.15, 0.2) is 0 Å². The highest BCUT2D eigenvalue weighted by atomic mass is 16.3. The summed E-state index contributed by atoms with van der Waals surface area (Å²) < 4.78 is 0. The maximum Gasteiger partial charge on any atom is 0.0995 e. The van der Waals surface area contributed by atoms with Crippen LogP contribution < -0.4 is 5.32 Å². The molecule has 1 aromatic rings. The van der Waals surface area contributed by atoms with E-state index in [2.05, 4.69) is 11.4 Å². The van der Waals surface area contributed by atoms with E-state index in [0.29, 0.717) is 18.7 Å². The Morgan fingerprint density at radius 1 is 1.50 bits per heavy atom. The van der Waals surface area contributed by atoms with Gasteiger partial charge in [-0.05, 0) is 18.6 Å². The van der Waals surface area contributed by atoms with Crippen molar-refractivity contribution >= 4 is 0 Å². The zero-order chi connectivity index (χ0) is 10.4. The van der Waals surface area contributed by atoms with E-state index < -0.39 is 0 Å². The highest BCUT2D eigenvalue weighted by Gasteiger charge is 2.00. The van der Waals surface area contributed by atoms with Crippen molar-refractivity contribution in [3.05, 3.63) is 35.4 Å². The number of aliphatic hydroxyl groups is 1. The van der Waals surface area contributed by atoms with Gasteiger partial charge in [0.1, 0.15) is 0 Å². The largest absolute Gasteiger partial charge is 0.392 e. The van der Waals surface area contributed by atoms with Gasteiger partial charge in [-0.3, -0.25) is 0 Å². The zero-order valence-electron chi connectivity index (χ0n) is 8.20. The van der Waals surface area contributed by atoms with Crippen LogP contribution >= 0.6 is 0 Å². The number of nitrogens with zero attached hydrogens (tertiary/aromatic N) is 1. The van der Waals surface area contributed by atoms with Gasteiger partial charge in [0.25, 0.3) is 0 Å². The Labute approximate surface area is 84.0 Å². The van der Waals surface area contributed by atoms with E-state index >= 15 is 0 Å². The number of benzene rings is 1. The molecule has 0 heterocycles.